The Kier molecular flexibility index (Phi) is 12.1. The first kappa shape index (κ1) is 41.0. The topological polar surface area (TPSA) is 118 Å². The number of anilines is 3. The van der Waals surface area contributed by atoms with Crippen molar-refractivity contribution in [3.05, 3.63) is 140 Å². The standard InChI is InChI=1S/C18H19FN4O.C17H17FN4.C13H12N4/c1-24-15-4-2-13(3-5-15)16-12-23-11-8-17(21-18(23)20-16)22-9-6-14(19)7-10-22;18-14-6-9-21(10-7-14)16-8-11-22-12-15(19-17(22)20-16)13-4-2-1-3-5-13;1-14-12-7-8-17-9-11(15-13(17)16-12)10-5-3-2-4-6-10/h2-5,8,11-12,14H,6-7,9-10H2,1H3;1-5,8,11-12,14H,6-7,9-10H2;2-9H,1H3,(H,14,15,16). The molecule has 11 rings (SSSR count). The lowest BCUT2D eigenvalue weighted by Crippen LogP contribution is -2.34. The van der Waals surface area contributed by atoms with Crippen molar-refractivity contribution < 1.29 is 13.5 Å². The number of fused-ring (bicyclic) bond motifs is 3. The van der Waals surface area contributed by atoms with Crippen molar-refractivity contribution in [3.8, 4) is 39.5 Å². The molecule has 13 nitrogen and oxygen atoms in total. The van der Waals surface area contributed by atoms with Gasteiger partial charge in [0.25, 0.3) is 0 Å². The Hall–Kier alpha value is -7.42. The first-order valence-corrected chi connectivity index (χ1v) is 21.2. The van der Waals surface area contributed by atoms with E-state index in [2.05, 4.69) is 45.0 Å². The largest absolute Gasteiger partial charge is 0.497 e. The normalized spacial score (nSPS) is 14.6. The Bertz CT molecular complexity index is 2890. The molecule has 8 heterocycles. The van der Waals surface area contributed by atoms with Crippen molar-refractivity contribution in [2.45, 2.75) is 38.0 Å². The fourth-order valence-electron chi connectivity index (χ4n) is 7.64. The molecule has 63 heavy (non-hydrogen) atoms. The number of ether oxygens (including phenoxy) is 1. The SMILES string of the molecule is CNc1ccn2cc(-c3ccccc3)nc2n1.COc1ccc(-c2cn3ccc(N4CCC(F)CC4)nc3n2)cc1.FC1CCN(c2ccn3cc(-c4ccccc4)nc3n2)CC1. The summed E-state index contributed by atoms with van der Waals surface area (Å²) in [5.41, 5.74) is 5.90. The van der Waals surface area contributed by atoms with Gasteiger partial charge in [-0.05, 0) is 68.1 Å². The van der Waals surface area contributed by atoms with Crippen LogP contribution in [0, 0.1) is 0 Å². The first-order valence-electron chi connectivity index (χ1n) is 21.2. The van der Waals surface area contributed by atoms with Gasteiger partial charge in [-0.25, -0.2) is 23.7 Å². The maximum absolute atomic E-state index is 13.3. The van der Waals surface area contributed by atoms with E-state index >= 15 is 0 Å². The van der Waals surface area contributed by atoms with Gasteiger partial charge >= 0.3 is 0 Å². The van der Waals surface area contributed by atoms with Gasteiger partial charge in [0.15, 0.2) is 0 Å². The van der Waals surface area contributed by atoms with E-state index in [4.69, 9.17) is 4.74 Å². The summed E-state index contributed by atoms with van der Waals surface area (Å²) in [7, 11) is 3.50. The molecule has 6 aromatic heterocycles. The van der Waals surface area contributed by atoms with E-state index in [0.29, 0.717) is 56.1 Å². The van der Waals surface area contributed by atoms with E-state index < -0.39 is 12.3 Å². The molecule has 0 atom stereocenters. The van der Waals surface area contributed by atoms with Crippen LogP contribution in [0.15, 0.2) is 140 Å². The van der Waals surface area contributed by atoms with E-state index in [1.54, 1.807) is 7.11 Å². The van der Waals surface area contributed by atoms with Crippen LogP contribution in [0.5, 0.6) is 5.75 Å². The zero-order valence-electron chi connectivity index (χ0n) is 35.2. The molecule has 0 saturated carbocycles. The lowest BCUT2D eigenvalue weighted by atomic mass is 10.1. The molecule has 0 unspecified atom stereocenters. The maximum Gasteiger partial charge on any atom is 0.236 e. The highest BCUT2D eigenvalue weighted by Gasteiger charge is 2.21. The number of hydrogen-bond donors (Lipinski definition) is 1. The summed E-state index contributed by atoms with van der Waals surface area (Å²) >= 11 is 0. The predicted molar refractivity (Wildman–Crippen MR) is 244 cm³/mol. The van der Waals surface area contributed by atoms with Crippen molar-refractivity contribution in [2.24, 2.45) is 0 Å². The average Bonchev–Trinajstić information content (AvgIpc) is 4.10. The molecule has 0 bridgehead atoms. The third-order valence-electron chi connectivity index (χ3n) is 11.2. The fraction of sp³-hybridized carbons (Fsp3) is 0.250. The number of imidazole rings is 3. The molecule has 9 aromatic rings. The second-order valence-electron chi connectivity index (χ2n) is 15.4. The van der Waals surface area contributed by atoms with Crippen LogP contribution in [0.25, 0.3) is 51.1 Å². The summed E-state index contributed by atoms with van der Waals surface area (Å²) < 4.78 is 37.5. The molecule has 2 saturated heterocycles. The molecule has 1 N–H and O–H groups in total. The van der Waals surface area contributed by atoms with E-state index in [1.165, 1.54) is 0 Å². The molecule has 2 aliphatic rings. The van der Waals surface area contributed by atoms with E-state index in [-0.39, 0.29) is 0 Å². The van der Waals surface area contributed by atoms with Gasteiger partial charge in [-0.2, -0.15) is 15.0 Å². The van der Waals surface area contributed by atoms with Gasteiger partial charge in [0.05, 0.1) is 24.2 Å². The summed E-state index contributed by atoms with van der Waals surface area (Å²) in [6.07, 6.45) is 12.7. The minimum Gasteiger partial charge on any atom is -0.497 e. The van der Waals surface area contributed by atoms with Crippen LogP contribution in [0.2, 0.25) is 0 Å². The van der Waals surface area contributed by atoms with E-state index in [9.17, 15) is 8.78 Å². The fourth-order valence-corrected chi connectivity index (χ4v) is 7.64. The van der Waals surface area contributed by atoms with Crippen LogP contribution in [0.3, 0.4) is 0 Å². The van der Waals surface area contributed by atoms with Crippen LogP contribution >= 0.6 is 0 Å². The summed E-state index contributed by atoms with van der Waals surface area (Å²) in [6, 6.07) is 33.8. The number of halogens is 2. The Morgan fingerprint density at radius 1 is 0.492 bits per heavy atom. The van der Waals surface area contributed by atoms with Crippen molar-refractivity contribution in [1.29, 1.82) is 0 Å². The van der Waals surface area contributed by atoms with Gasteiger partial charge in [-0.15, -0.1) is 0 Å². The van der Waals surface area contributed by atoms with Crippen LogP contribution in [-0.4, -0.2) is 95.8 Å². The number of rotatable bonds is 7. The number of nitrogens with one attached hydrogen (secondary N) is 1. The highest BCUT2D eigenvalue weighted by Crippen LogP contribution is 2.26. The van der Waals surface area contributed by atoms with E-state index in [1.807, 2.05) is 161 Å². The van der Waals surface area contributed by atoms with Gasteiger partial charge in [-0.3, -0.25) is 13.2 Å². The second kappa shape index (κ2) is 18.7. The number of methoxy groups -OCH3 is 1. The van der Waals surface area contributed by atoms with Crippen LogP contribution < -0.4 is 19.9 Å². The summed E-state index contributed by atoms with van der Waals surface area (Å²) in [5.74, 6) is 5.42. The molecule has 2 aliphatic heterocycles. The molecule has 15 heteroatoms. The minimum absolute atomic E-state index is 0.568. The van der Waals surface area contributed by atoms with Crippen molar-refractivity contribution in [3.63, 3.8) is 0 Å². The second-order valence-corrected chi connectivity index (χ2v) is 15.4. The zero-order valence-corrected chi connectivity index (χ0v) is 35.2. The minimum atomic E-state index is -0.682. The third-order valence-corrected chi connectivity index (χ3v) is 11.2. The van der Waals surface area contributed by atoms with Gasteiger partial charge in [0.1, 0.15) is 35.5 Å². The van der Waals surface area contributed by atoms with Crippen molar-refractivity contribution >= 4 is 34.8 Å². The Balaban J connectivity index is 0.000000122. The monoisotopic (exact) mass is 846 g/mol. The van der Waals surface area contributed by atoms with E-state index in [0.717, 1.165) is 70.1 Å². The number of aromatic nitrogens is 9. The summed E-state index contributed by atoms with van der Waals surface area (Å²) in [5, 5.41) is 3.00. The quantitative estimate of drug-likeness (QED) is 0.167. The first-order chi connectivity index (χ1) is 30.9. The summed E-state index contributed by atoms with van der Waals surface area (Å²) in [4.78, 5) is 31.6. The van der Waals surface area contributed by atoms with Gasteiger partial charge < -0.3 is 19.9 Å². The third kappa shape index (κ3) is 9.57. The maximum atomic E-state index is 13.3. The smallest absolute Gasteiger partial charge is 0.236 e. The lowest BCUT2D eigenvalue weighted by Gasteiger charge is -2.29. The van der Waals surface area contributed by atoms with Crippen LogP contribution in [-0.2, 0) is 0 Å². The molecule has 3 aromatic carbocycles. The molecular formula is C48H48F2N12O. The number of hydrogen-bond acceptors (Lipinski definition) is 10. The Morgan fingerprint density at radius 3 is 1.30 bits per heavy atom. The summed E-state index contributed by atoms with van der Waals surface area (Å²) in [6.45, 7) is 2.85. The van der Waals surface area contributed by atoms with Gasteiger partial charge in [0, 0.05) is 87.1 Å². The number of piperidine rings is 2. The highest BCUT2D eigenvalue weighted by atomic mass is 19.1. The molecule has 0 aliphatic carbocycles. The molecule has 0 spiro atoms. The molecular weight excluding hydrogens is 799 g/mol. The van der Waals surface area contributed by atoms with Gasteiger partial charge in [0.2, 0.25) is 17.3 Å². The molecule has 0 amide bonds. The number of alkyl halides is 2. The number of benzene rings is 3. The Labute approximate surface area is 363 Å². The van der Waals surface area contributed by atoms with Crippen LogP contribution in [0.1, 0.15) is 25.7 Å². The van der Waals surface area contributed by atoms with Crippen molar-refractivity contribution in [1.82, 2.24) is 43.1 Å². The zero-order chi connectivity index (χ0) is 43.1. The van der Waals surface area contributed by atoms with Crippen LogP contribution in [0.4, 0.5) is 26.2 Å². The van der Waals surface area contributed by atoms with Crippen molar-refractivity contribution in [2.75, 3.05) is 55.5 Å². The average molecular weight is 847 g/mol. The highest BCUT2D eigenvalue weighted by molar-refractivity contribution is 5.64. The Morgan fingerprint density at radius 2 is 0.889 bits per heavy atom. The molecule has 2 fully saturated rings. The predicted octanol–water partition coefficient (Wildman–Crippen LogP) is 9.12. The van der Waals surface area contributed by atoms with Gasteiger partial charge in [-0.1, -0.05) is 60.7 Å². The molecule has 0 radical (unpaired) electrons. The molecule has 320 valence electrons. The number of nitrogens with zero attached hydrogens (tertiary/aromatic N) is 11. The lowest BCUT2D eigenvalue weighted by molar-refractivity contribution is 0.276.